The summed E-state index contributed by atoms with van der Waals surface area (Å²) in [4.78, 5) is 12.6. The molecule has 0 bridgehead atoms. The lowest BCUT2D eigenvalue weighted by atomic mass is 10.0. The van der Waals surface area contributed by atoms with E-state index < -0.39 is 0 Å². The molecule has 0 fully saturated rings. The second-order valence-corrected chi connectivity index (χ2v) is 6.36. The monoisotopic (exact) mass is 357 g/mol. The Labute approximate surface area is 156 Å². The number of nitrogens with zero attached hydrogens (tertiary/aromatic N) is 3. The van der Waals surface area contributed by atoms with Crippen molar-refractivity contribution >= 4 is 22.4 Å². The van der Waals surface area contributed by atoms with Crippen LogP contribution in [0.3, 0.4) is 0 Å². The number of benzene rings is 2. The summed E-state index contributed by atoms with van der Waals surface area (Å²) in [6, 6.07) is 13.5. The maximum atomic E-state index is 6.27. The van der Waals surface area contributed by atoms with E-state index in [1.54, 1.807) is 18.5 Å². The van der Waals surface area contributed by atoms with Gasteiger partial charge in [-0.05, 0) is 43.2 Å². The van der Waals surface area contributed by atoms with Gasteiger partial charge >= 0.3 is 0 Å². The highest BCUT2D eigenvalue weighted by atomic mass is 16.5. The van der Waals surface area contributed by atoms with E-state index in [9.17, 15) is 0 Å². The third-order valence-corrected chi connectivity index (χ3v) is 4.53. The molecule has 134 valence electrons. The Hall–Kier alpha value is -3.67. The van der Waals surface area contributed by atoms with Crippen molar-refractivity contribution in [1.82, 2.24) is 15.0 Å². The second kappa shape index (κ2) is 6.57. The van der Waals surface area contributed by atoms with Gasteiger partial charge in [-0.2, -0.15) is 0 Å². The molecule has 0 atom stereocenters. The lowest BCUT2D eigenvalue weighted by Gasteiger charge is -2.15. The van der Waals surface area contributed by atoms with Crippen molar-refractivity contribution in [2.24, 2.45) is 0 Å². The average Bonchev–Trinajstić information content (AvgIpc) is 2.67. The van der Waals surface area contributed by atoms with Gasteiger partial charge in [0.2, 0.25) is 11.8 Å². The average molecular weight is 357 g/mol. The largest absolute Gasteiger partial charge is 0.437 e. The molecular weight excluding hydrogens is 338 g/mol. The summed E-state index contributed by atoms with van der Waals surface area (Å²) in [7, 11) is 0. The van der Waals surface area contributed by atoms with Crippen molar-refractivity contribution in [3.63, 3.8) is 0 Å². The Morgan fingerprint density at radius 1 is 0.815 bits per heavy atom. The second-order valence-electron chi connectivity index (χ2n) is 6.36. The van der Waals surface area contributed by atoms with Crippen LogP contribution in [0.4, 0.5) is 11.6 Å². The smallest absolute Gasteiger partial charge is 0.228 e. The van der Waals surface area contributed by atoms with Crippen molar-refractivity contribution in [1.29, 1.82) is 0 Å². The molecule has 2 heterocycles. The van der Waals surface area contributed by atoms with Gasteiger partial charge in [-0.15, -0.1) is 0 Å². The minimum Gasteiger partial charge on any atom is -0.437 e. The Kier molecular flexibility index (Phi) is 4.08. The van der Waals surface area contributed by atoms with E-state index >= 15 is 0 Å². The zero-order valence-corrected chi connectivity index (χ0v) is 15.1. The molecular formula is C21H19N5O. The number of hydrogen-bond donors (Lipinski definition) is 2. The maximum Gasteiger partial charge on any atom is 0.228 e. The van der Waals surface area contributed by atoms with Crippen molar-refractivity contribution in [3.05, 3.63) is 66.0 Å². The van der Waals surface area contributed by atoms with E-state index in [1.165, 1.54) is 0 Å². The molecule has 2 aromatic heterocycles. The third kappa shape index (κ3) is 3.01. The van der Waals surface area contributed by atoms with Crippen LogP contribution in [0.25, 0.3) is 22.0 Å². The Bertz CT molecular complexity index is 1160. The number of ether oxygens (including phenoxy) is 1. The number of pyridine rings is 1. The molecule has 0 aliphatic rings. The first-order valence-corrected chi connectivity index (χ1v) is 8.55. The van der Waals surface area contributed by atoms with E-state index in [0.29, 0.717) is 11.6 Å². The number of nitrogen functional groups attached to an aromatic ring is 2. The van der Waals surface area contributed by atoms with Crippen molar-refractivity contribution in [2.45, 2.75) is 13.8 Å². The number of aromatic nitrogens is 3. The van der Waals surface area contributed by atoms with Crippen LogP contribution in [-0.4, -0.2) is 15.0 Å². The van der Waals surface area contributed by atoms with Crippen LogP contribution >= 0.6 is 0 Å². The SMILES string of the molecule is Cc1ccc2c(Oc3ncccc3-c3ccnc(N)n3)c(C)ccc2c1N. The zero-order chi connectivity index (χ0) is 19.0. The van der Waals surface area contributed by atoms with Gasteiger partial charge in [-0.3, -0.25) is 0 Å². The van der Waals surface area contributed by atoms with E-state index in [2.05, 4.69) is 15.0 Å². The predicted octanol–water partition coefficient (Wildman–Crippen LogP) is 4.27. The summed E-state index contributed by atoms with van der Waals surface area (Å²) in [6.07, 6.45) is 3.30. The maximum absolute atomic E-state index is 6.27. The summed E-state index contributed by atoms with van der Waals surface area (Å²) in [5.74, 6) is 1.37. The van der Waals surface area contributed by atoms with E-state index in [-0.39, 0.29) is 5.95 Å². The molecule has 2 aromatic carbocycles. The lowest BCUT2D eigenvalue weighted by molar-refractivity contribution is 0.466. The first kappa shape index (κ1) is 16.8. The van der Waals surface area contributed by atoms with Crippen LogP contribution in [0.1, 0.15) is 11.1 Å². The van der Waals surface area contributed by atoms with Gasteiger partial charge < -0.3 is 16.2 Å². The molecule has 4 aromatic rings. The summed E-state index contributed by atoms with van der Waals surface area (Å²) < 4.78 is 6.27. The molecule has 0 radical (unpaired) electrons. The van der Waals surface area contributed by atoms with Crippen LogP contribution in [0, 0.1) is 13.8 Å². The Morgan fingerprint density at radius 3 is 2.41 bits per heavy atom. The molecule has 0 spiro atoms. The molecule has 4 rings (SSSR count). The predicted molar refractivity (Wildman–Crippen MR) is 108 cm³/mol. The molecule has 0 aliphatic carbocycles. The van der Waals surface area contributed by atoms with Crippen LogP contribution in [0.15, 0.2) is 54.9 Å². The van der Waals surface area contributed by atoms with Gasteiger partial charge in [0.15, 0.2) is 0 Å². The number of anilines is 2. The van der Waals surface area contributed by atoms with Gasteiger partial charge in [-0.25, -0.2) is 15.0 Å². The number of hydrogen-bond acceptors (Lipinski definition) is 6. The van der Waals surface area contributed by atoms with E-state index in [0.717, 1.165) is 38.9 Å². The Balaban J connectivity index is 1.87. The molecule has 0 saturated carbocycles. The number of aryl methyl sites for hydroxylation is 2. The lowest BCUT2D eigenvalue weighted by Crippen LogP contribution is -1.99. The summed E-state index contributed by atoms with van der Waals surface area (Å²) >= 11 is 0. The highest BCUT2D eigenvalue weighted by Gasteiger charge is 2.15. The normalized spacial score (nSPS) is 10.9. The van der Waals surface area contributed by atoms with Crippen LogP contribution < -0.4 is 16.2 Å². The van der Waals surface area contributed by atoms with Gasteiger partial charge in [0.25, 0.3) is 0 Å². The minimum absolute atomic E-state index is 0.201. The Morgan fingerprint density at radius 2 is 1.59 bits per heavy atom. The molecule has 6 nitrogen and oxygen atoms in total. The fraction of sp³-hybridized carbons (Fsp3) is 0.0952. The number of nitrogens with two attached hydrogens (primary N) is 2. The van der Waals surface area contributed by atoms with E-state index in [1.807, 2.05) is 50.2 Å². The molecule has 0 amide bonds. The summed E-state index contributed by atoms with van der Waals surface area (Å²) in [5, 5.41) is 1.90. The molecule has 0 unspecified atom stereocenters. The van der Waals surface area contributed by atoms with Gasteiger partial charge in [0, 0.05) is 28.9 Å². The molecule has 4 N–H and O–H groups in total. The molecule has 6 heteroatoms. The van der Waals surface area contributed by atoms with Crippen LogP contribution in [0.2, 0.25) is 0 Å². The molecule has 27 heavy (non-hydrogen) atoms. The molecule has 0 saturated heterocycles. The third-order valence-electron chi connectivity index (χ3n) is 4.53. The fourth-order valence-corrected chi connectivity index (χ4v) is 3.04. The number of rotatable bonds is 3. The summed E-state index contributed by atoms with van der Waals surface area (Å²) in [6.45, 7) is 3.99. The van der Waals surface area contributed by atoms with Gasteiger partial charge in [0.1, 0.15) is 5.75 Å². The van der Waals surface area contributed by atoms with Crippen LogP contribution in [-0.2, 0) is 0 Å². The zero-order valence-electron chi connectivity index (χ0n) is 15.1. The van der Waals surface area contributed by atoms with Crippen molar-refractivity contribution in [3.8, 4) is 22.9 Å². The topological polar surface area (TPSA) is 99.9 Å². The highest BCUT2D eigenvalue weighted by Crippen LogP contribution is 2.38. The molecule has 0 aliphatic heterocycles. The highest BCUT2D eigenvalue weighted by molar-refractivity contribution is 5.99. The minimum atomic E-state index is 0.201. The van der Waals surface area contributed by atoms with Crippen LogP contribution in [0.5, 0.6) is 11.6 Å². The first-order chi connectivity index (χ1) is 13.0. The first-order valence-electron chi connectivity index (χ1n) is 8.55. The van der Waals surface area contributed by atoms with Crippen molar-refractivity contribution in [2.75, 3.05) is 11.5 Å². The standard InChI is InChI=1S/C21H19N5O/c1-12-5-8-15-14(18(12)22)7-6-13(2)19(15)27-20-16(4-3-10-24-20)17-9-11-25-21(23)26-17/h3-11H,22H2,1-2H3,(H2,23,25,26). The van der Waals surface area contributed by atoms with E-state index in [4.69, 9.17) is 16.2 Å². The van der Waals surface area contributed by atoms with Gasteiger partial charge in [0.05, 0.1) is 11.3 Å². The number of fused-ring (bicyclic) bond motifs is 1. The quantitative estimate of drug-likeness (QED) is 0.531. The van der Waals surface area contributed by atoms with Crippen molar-refractivity contribution < 1.29 is 4.74 Å². The van der Waals surface area contributed by atoms with Gasteiger partial charge in [-0.1, -0.05) is 24.3 Å². The fourth-order valence-electron chi connectivity index (χ4n) is 3.04. The summed E-state index contributed by atoms with van der Waals surface area (Å²) in [5.41, 5.74) is 16.2.